The maximum absolute atomic E-state index is 11.4. The van der Waals surface area contributed by atoms with E-state index < -0.39 is 0 Å². The van der Waals surface area contributed by atoms with Gasteiger partial charge in [-0.05, 0) is 19.8 Å². The van der Waals surface area contributed by atoms with Crippen molar-refractivity contribution in [3.05, 3.63) is 11.9 Å². The molecule has 1 aromatic heterocycles. The standard InChI is InChI=1S/C9H13N3O2/c1-2-14-9(13)7-4-3-6-8(11-7)5-10-12-6/h5,7,11H,2-4H2,1H3,(H,10,12). The van der Waals surface area contributed by atoms with E-state index in [0.29, 0.717) is 6.61 Å². The molecule has 0 saturated heterocycles. The first-order valence-electron chi connectivity index (χ1n) is 4.76. The summed E-state index contributed by atoms with van der Waals surface area (Å²) in [5.74, 6) is -0.181. The molecule has 0 aliphatic carbocycles. The highest BCUT2D eigenvalue weighted by Crippen LogP contribution is 2.22. The Labute approximate surface area is 81.8 Å². The number of H-pyrrole nitrogens is 1. The molecule has 1 atom stereocenters. The Kier molecular flexibility index (Phi) is 2.39. The first-order chi connectivity index (χ1) is 6.81. The molecule has 0 amide bonds. The Morgan fingerprint density at radius 1 is 1.79 bits per heavy atom. The van der Waals surface area contributed by atoms with Crippen LogP contribution in [0.15, 0.2) is 6.20 Å². The van der Waals surface area contributed by atoms with Gasteiger partial charge in [0, 0.05) is 0 Å². The average molecular weight is 195 g/mol. The molecule has 5 heteroatoms. The van der Waals surface area contributed by atoms with Crippen LogP contribution >= 0.6 is 0 Å². The number of ether oxygens (including phenoxy) is 1. The lowest BCUT2D eigenvalue weighted by Crippen LogP contribution is -2.34. The summed E-state index contributed by atoms with van der Waals surface area (Å²) in [6, 6.07) is -0.222. The Morgan fingerprint density at radius 2 is 2.64 bits per heavy atom. The predicted molar refractivity (Wildman–Crippen MR) is 51.0 cm³/mol. The van der Waals surface area contributed by atoms with Gasteiger partial charge in [0.05, 0.1) is 24.2 Å². The lowest BCUT2D eigenvalue weighted by molar-refractivity contribution is -0.144. The molecular weight excluding hydrogens is 182 g/mol. The van der Waals surface area contributed by atoms with Crippen LogP contribution in [0.1, 0.15) is 19.0 Å². The van der Waals surface area contributed by atoms with Gasteiger partial charge in [-0.1, -0.05) is 0 Å². The SMILES string of the molecule is CCOC(=O)C1CCc2[nH]ncc2N1. The number of aromatic amines is 1. The summed E-state index contributed by atoms with van der Waals surface area (Å²) in [7, 11) is 0. The second-order valence-electron chi connectivity index (χ2n) is 3.25. The van der Waals surface area contributed by atoms with Gasteiger partial charge in [-0.25, -0.2) is 4.79 Å². The Balaban J connectivity index is 2.04. The van der Waals surface area contributed by atoms with Gasteiger partial charge in [0.1, 0.15) is 6.04 Å². The van der Waals surface area contributed by atoms with E-state index in [2.05, 4.69) is 15.5 Å². The van der Waals surface area contributed by atoms with Crippen LogP contribution in [-0.2, 0) is 16.0 Å². The second-order valence-corrected chi connectivity index (χ2v) is 3.25. The molecule has 1 aliphatic heterocycles. The number of carbonyl (C=O) groups is 1. The van der Waals surface area contributed by atoms with Gasteiger partial charge in [-0.2, -0.15) is 5.10 Å². The van der Waals surface area contributed by atoms with Crippen molar-refractivity contribution in [1.82, 2.24) is 10.2 Å². The first kappa shape index (κ1) is 9.05. The van der Waals surface area contributed by atoms with Gasteiger partial charge in [0.25, 0.3) is 0 Å². The van der Waals surface area contributed by atoms with Crippen molar-refractivity contribution in [3.8, 4) is 0 Å². The number of aromatic nitrogens is 2. The van der Waals surface area contributed by atoms with Crippen LogP contribution in [0, 0.1) is 0 Å². The highest BCUT2D eigenvalue weighted by molar-refractivity contribution is 5.80. The summed E-state index contributed by atoms with van der Waals surface area (Å²) in [6.07, 6.45) is 3.29. The molecule has 1 unspecified atom stereocenters. The number of hydrogen-bond acceptors (Lipinski definition) is 4. The number of carbonyl (C=O) groups excluding carboxylic acids is 1. The molecule has 0 aromatic carbocycles. The van der Waals surface area contributed by atoms with Crippen LogP contribution < -0.4 is 5.32 Å². The van der Waals surface area contributed by atoms with Gasteiger partial charge in [0.15, 0.2) is 0 Å². The van der Waals surface area contributed by atoms with E-state index in [1.165, 1.54) is 0 Å². The van der Waals surface area contributed by atoms with Gasteiger partial charge in [-0.15, -0.1) is 0 Å². The van der Waals surface area contributed by atoms with Gasteiger partial charge in [0.2, 0.25) is 0 Å². The van der Waals surface area contributed by atoms with Gasteiger partial charge in [-0.3, -0.25) is 5.10 Å². The van der Waals surface area contributed by atoms with Crippen LogP contribution in [0.2, 0.25) is 0 Å². The normalized spacial score (nSPS) is 19.6. The molecule has 0 saturated carbocycles. The lowest BCUT2D eigenvalue weighted by Gasteiger charge is -2.22. The fourth-order valence-electron chi connectivity index (χ4n) is 1.60. The fourth-order valence-corrected chi connectivity index (χ4v) is 1.60. The minimum atomic E-state index is -0.222. The number of fused-ring (bicyclic) bond motifs is 1. The fraction of sp³-hybridized carbons (Fsp3) is 0.556. The van der Waals surface area contributed by atoms with E-state index in [9.17, 15) is 4.79 Å². The third-order valence-corrected chi connectivity index (χ3v) is 2.30. The van der Waals surface area contributed by atoms with Crippen molar-refractivity contribution in [2.45, 2.75) is 25.8 Å². The van der Waals surface area contributed by atoms with Crippen LogP contribution in [0.3, 0.4) is 0 Å². The molecule has 1 aromatic rings. The van der Waals surface area contributed by atoms with Crippen LogP contribution in [0.25, 0.3) is 0 Å². The average Bonchev–Trinajstić information content (AvgIpc) is 2.64. The second kappa shape index (κ2) is 3.69. The number of nitrogens with zero attached hydrogens (tertiary/aromatic N) is 1. The number of hydrogen-bond donors (Lipinski definition) is 2. The lowest BCUT2D eigenvalue weighted by atomic mass is 10.0. The summed E-state index contributed by atoms with van der Waals surface area (Å²) >= 11 is 0. The van der Waals surface area contributed by atoms with Crippen molar-refractivity contribution < 1.29 is 9.53 Å². The smallest absolute Gasteiger partial charge is 0.328 e. The monoisotopic (exact) mass is 195 g/mol. The minimum Gasteiger partial charge on any atom is -0.464 e. The molecule has 5 nitrogen and oxygen atoms in total. The number of rotatable bonds is 2. The molecule has 1 aliphatic rings. The maximum atomic E-state index is 11.4. The molecule has 2 heterocycles. The molecule has 0 fully saturated rings. The quantitative estimate of drug-likeness (QED) is 0.682. The Bertz CT molecular complexity index is 335. The number of nitrogens with one attached hydrogen (secondary N) is 2. The van der Waals surface area contributed by atoms with Crippen molar-refractivity contribution in [1.29, 1.82) is 0 Å². The van der Waals surface area contributed by atoms with Gasteiger partial charge >= 0.3 is 5.97 Å². The molecule has 2 rings (SSSR count). The molecule has 0 bridgehead atoms. The highest BCUT2D eigenvalue weighted by Gasteiger charge is 2.25. The topological polar surface area (TPSA) is 67.0 Å². The maximum Gasteiger partial charge on any atom is 0.328 e. The third-order valence-electron chi connectivity index (χ3n) is 2.30. The Hall–Kier alpha value is -1.52. The molecule has 0 radical (unpaired) electrons. The summed E-state index contributed by atoms with van der Waals surface area (Å²) < 4.78 is 4.94. The highest BCUT2D eigenvalue weighted by atomic mass is 16.5. The summed E-state index contributed by atoms with van der Waals surface area (Å²) in [4.78, 5) is 11.4. The van der Waals surface area contributed by atoms with Crippen molar-refractivity contribution in [2.75, 3.05) is 11.9 Å². The minimum absolute atomic E-state index is 0.181. The third kappa shape index (κ3) is 1.57. The van der Waals surface area contributed by atoms with E-state index >= 15 is 0 Å². The zero-order valence-corrected chi connectivity index (χ0v) is 8.04. The van der Waals surface area contributed by atoms with Crippen LogP contribution in [0.4, 0.5) is 5.69 Å². The van der Waals surface area contributed by atoms with Crippen LogP contribution in [-0.4, -0.2) is 28.8 Å². The first-order valence-corrected chi connectivity index (χ1v) is 4.76. The summed E-state index contributed by atoms with van der Waals surface area (Å²) in [6.45, 7) is 2.24. The van der Waals surface area contributed by atoms with Crippen molar-refractivity contribution >= 4 is 11.7 Å². The zero-order valence-electron chi connectivity index (χ0n) is 8.04. The van der Waals surface area contributed by atoms with Crippen molar-refractivity contribution in [2.24, 2.45) is 0 Å². The van der Waals surface area contributed by atoms with E-state index in [4.69, 9.17) is 4.74 Å². The van der Waals surface area contributed by atoms with E-state index in [1.807, 2.05) is 6.92 Å². The molecule has 14 heavy (non-hydrogen) atoms. The van der Waals surface area contributed by atoms with Crippen LogP contribution in [0.5, 0.6) is 0 Å². The van der Waals surface area contributed by atoms with Gasteiger partial charge < -0.3 is 10.1 Å². The number of anilines is 1. The molecule has 76 valence electrons. The number of esters is 1. The number of aryl methyl sites for hydroxylation is 1. The largest absolute Gasteiger partial charge is 0.464 e. The Morgan fingerprint density at radius 3 is 3.43 bits per heavy atom. The summed E-state index contributed by atoms with van der Waals surface area (Å²) in [5.41, 5.74) is 1.97. The summed E-state index contributed by atoms with van der Waals surface area (Å²) in [5, 5.41) is 9.88. The molecule has 2 N–H and O–H groups in total. The zero-order chi connectivity index (χ0) is 9.97. The molecular formula is C9H13N3O2. The van der Waals surface area contributed by atoms with Crippen molar-refractivity contribution in [3.63, 3.8) is 0 Å². The predicted octanol–water partition coefficient (Wildman–Crippen LogP) is 0.699. The van der Waals surface area contributed by atoms with E-state index in [0.717, 1.165) is 24.2 Å². The van der Waals surface area contributed by atoms with E-state index in [-0.39, 0.29) is 12.0 Å². The molecule has 0 spiro atoms. The van der Waals surface area contributed by atoms with E-state index in [1.54, 1.807) is 6.20 Å².